The molecule has 4 nitrogen and oxygen atoms in total. The number of amides is 1. The molecule has 4 heteroatoms. The van der Waals surface area contributed by atoms with E-state index in [0.29, 0.717) is 6.04 Å². The molecule has 2 atom stereocenters. The Morgan fingerprint density at radius 2 is 2.05 bits per heavy atom. The molecule has 2 rings (SSSR count). The van der Waals surface area contributed by atoms with Gasteiger partial charge >= 0.3 is 0 Å². The Bertz CT molecular complexity index is 474. The molecule has 1 aromatic rings. The van der Waals surface area contributed by atoms with Gasteiger partial charge in [-0.05, 0) is 24.8 Å². The molecule has 2 N–H and O–H groups in total. The van der Waals surface area contributed by atoms with Crippen molar-refractivity contribution in [2.45, 2.75) is 45.8 Å². The van der Waals surface area contributed by atoms with E-state index in [9.17, 15) is 4.79 Å². The van der Waals surface area contributed by atoms with Gasteiger partial charge in [0.2, 0.25) is 5.91 Å². The van der Waals surface area contributed by atoms with Crippen molar-refractivity contribution >= 4 is 5.91 Å². The van der Waals surface area contributed by atoms with E-state index in [0.717, 1.165) is 32.6 Å². The summed E-state index contributed by atoms with van der Waals surface area (Å²) in [7, 11) is 0. The molecule has 1 heterocycles. The number of likely N-dealkylation sites (tertiary alicyclic amines) is 1. The van der Waals surface area contributed by atoms with Crippen LogP contribution in [0.5, 0.6) is 0 Å². The van der Waals surface area contributed by atoms with Gasteiger partial charge in [-0.15, -0.1) is 0 Å². The first kappa shape index (κ1) is 17.0. The summed E-state index contributed by atoms with van der Waals surface area (Å²) >= 11 is 0. The zero-order valence-corrected chi connectivity index (χ0v) is 14.0. The van der Waals surface area contributed by atoms with Gasteiger partial charge < -0.3 is 10.6 Å². The minimum absolute atomic E-state index is 0.101. The van der Waals surface area contributed by atoms with E-state index in [4.69, 9.17) is 5.73 Å². The first-order valence-electron chi connectivity index (χ1n) is 8.35. The molecule has 0 unspecified atom stereocenters. The Balaban J connectivity index is 1.94. The molecule has 1 amide bonds. The lowest BCUT2D eigenvalue weighted by Gasteiger charge is -2.31. The molecule has 0 aromatic heterocycles. The SMILES string of the molecule is CCN(C(=O)[C@@H](N)C(C)C)[C@H]1CCN(Cc2ccccc2)C1. The second-order valence-corrected chi connectivity index (χ2v) is 6.56. The lowest BCUT2D eigenvalue weighted by molar-refractivity contribution is -0.135. The van der Waals surface area contributed by atoms with Crippen molar-refractivity contribution in [3.63, 3.8) is 0 Å². The standard InChI is InChI=1S/C18H29N3O/c1-4-21(18(22)17(19)14(2)3)16-10-11-20(13-16)12-15-8-6-5-7-9-15/h5-9,14,16-17H,4,10-13,19H2,1-3H3/t16-,17-/m0/s1. The second kappa shape index (κ2) is 7.75. The third-order valence-corrected chi connectivity index (χ3v) is 4.56. The quantitative estimate of drug-likeness (QED) is 0.875. The maximum Gasteiger partial charge on any atom is 0.240 e. The molecule has 22 heavy (non-hydrogen) atoms. The number of rotatable bonds is 6. The van der Waals surface area contributed by atoms with Crippen molar-refractivity contribution in [2.75, 3.05) is 19.6 Å². The Hall–Kier alpha value is -1.39. The lowest BCUT2D eigenvalue weighted by Crippen LogP contribution is -2.51. The minimum atomic E-state index is -0.386. The van der Waals surface area contributed by atoms with Crippen LogP contribution in [0.15, 0.2) is 30.3 Å². The summed E-state index contributed by atoms with van der Waals surface area (Å²) in [6, 6.07) is 10.4. The molecule has 0 spiro atoms. The number of benzene rings is 1. The number of likely N-dealkylation sites (N-methyl/N-ethyl adjacent to an activating group) is 1. The van der Waals surface area contributed by atoms with Crippen molar-refractivity contribution < 1.29 is 4.79 Å². The monoisotopic (exact) mass is 303 g/mol. The summed E-state index contributed by atoms with van der Waals surface area (Å²) in [5, 5.41) is 0. The number of carbonyl (C=O) groups excluding carboxylic acids is 1. The van der Waals surface area contributed by atoms with Crippen molar-refractivity contribution in [1.29, 1.82) is 0 Å². The van der Waals surface area contributed by atoms with E-state index in [1.165, 1.54) is 5.56 Å². The predicted molar refractivity (Wildman–Crippen MR) is 90.3 cm³/mol. The first-order chi connectivity index (χ1) is 10.5. The van der Waals surface area contributed by atoms with Crippen molar-refractivity contribution in [1.82, 2.24) is 9.80 Å². The molecule has 0 saturated carbocycles. The average molecular weight is 303 g/mol. The first-order valence-corrected chi connectivity index (χ1v) is 8.35. The highest BCUT2D eigenvalue weighted by molar-refractivity contribution is 5.82. The van der Waals surface area contributed by atoms with E-state index in [1.54, 1.807) is 0 Å². The summed E-state index contributed by atoms with van der Waals surface area (Å²) in [6.45, 7) is 9.74. The molecular formula is C18H29N3O. The number of carbonyl (C=O) groups is 1. The normalized spacial score (nSPS) is 20.3. The highest BCUT2D eigenvalue weighted by Crippen LogP contribution is 2.19. The summed E-state index contributed by atoms with van der Waals surface area (Å²) in [6.07, 6.45) is 1.04. The molecule has 122 valence electrons. The number of nitrogens with two attached hydrogens (primary N) is 1. The van der Waals surface area contributed by atoms with E-state index >= 15 is 0 Å². The van der Waals surface area contributed by atoms with Crippen LogP contribution in [-0.4, -0.2) is 47.4 Å². The van der Waals surface area contributed by atoms with Gasteiger partial charge in [-0.1, -0.05) is 44.2 Å². The van der Waals surface area contributed by atoms with Gasteiger partial charge in [0.1, 0.15) is 0 Å². The summed E-state index contributed by atoms with van der Waals surface area (Å²) < 4.78 is 0. The van der Waals surface area contributed by atoms with Gasteiger partial charge in [0.25, 0.3) is 0 Å². The van der Waals surface area contributed by atoms with E-state index < -0.39 is 0 Å². The number of hydrogen-bond acceptors (Lipinski definition) is 3. The van der Waals surface area contributed by atoms with Crippen LogP contribution in [-0.2, 0) is 11.3 Å². The summed E-state index contributed by atoms with van der Waals surface area (Å²) in [4.78, 5) is 17.0. The van der Waals surface area contributed by atoms with Crippen molar-refractivity contribution in [3.05, 3.63) is 35.9 Å². The maximum absolute atomic E-state index is 12.6. The van der Waals surface area contributed by atoms with Gasteiger partial charge in [0, 0.05) is 32.2 Å². The van der Waals surface area contributed by atoms with E-state index in [-0.39, 0.29) is 17.9 Å². The van der Waals surface area contributed by atoms with Gasteiger partial charge in [-0.25, -0.2) is 0 Å². The number of hydrogen-bond donors (Lipinski definition) is 1. The third-order valence-electron chi connectivity index (χ3n) is 4.56. The minimum Gasteiger partial charge on any atom is -0.337 e. The summed E-state index contributed by atoms with van der Waals surface area (Å²) in [5.41, 5.74) is 7.39. The van der Waals surface area contributed by atoms with E-state index in [1.807, 2.05) is 31.7 Å². The highest BCUT2D eigenvalue weighted by atomic mass is 16.2. The molecule has 0 aliphatic carbocycles. The van der Waals surface area contributed by atoms with Gasteiger partial charge in [-0.2, -0.15) is 0 Å². The molecule has 1 fully saturated rings. The molecule has 0 radical (unpaired) electrons. The Morgan fingerprint density at radius 3 is 2.64 bits per heavy atom. The predicted octanol–water partition coefficient (Wildman–Crippen LogP) is 2.09. The smallest absolute Gasteiger partial charge is 0.240 e. The Kier molecular flexibility index (Phi) is 5.98. The van der Waals surface area contributed by atoms with Crippen LogP contribution in [0.2, 0.25) is 0 Å². The topological polar surface area (TPSA) is 49.6 Å². The highest BCUT2D eigenvalue weighted by Gasteiger charge is 2.32. The van der Waals surface area contributed by atoms with Crippen LogP contribution in [0, 0.1) is 5.92 Å². The van der Waals surface area contributed by atoms with Crippen LogP contribution >= 0.6 is 0 Å². The molecule has 1 aliphatic heterocycles. The van der Waals surface area contributed by atoms with Crippen molar-refractivity contribution in [2.24, 2.45) is 11.7 Å². The third kappa shape index (κ3) is 4.08. The summed E-state index contributed by atoms with van der Waals surface area (Å²) in [5.74, 6) is 0.285. The molecule has 1 saturated heterocycles. The van der Waals surface area contributed by atoms with Gasteiger partial charge in [0.15, 0.2) is 0 Å². The van der Waals surface area contributed by atoms with Gasteiger partial charge in [-0.3, -0.25) is 9.69 Å². The van der Waals surface area contributed by atoms with Crippen LogP contribution in [0.3, 0.4) is 0 Å². The zero-order chi connectivity index (χ0) is 16.1. The fraction of sp³-hybridized carbons (Fsp3) is 0.611. The Labute approximate surface area is 134 Å². The number of nitrogens with zero attached hydrogens (tertiary/aromatic N) is 2. The fourth-order valence-corrected chi connectivity index (χ4v) is 3.12. The van der Waals surface area contributed by atoms with Crippen LogP contribution in [0.25, 0.3) is 0 Å². The van der Waals surface area contributed by atoms with Gasteiger partial charge in [0.05, 0.1) is 6.04 Å². The van der Waals surface area contributed by atoms with Crippen LogP contribution < -0.4 is 5.73 Å². The maximum atomic E-state index is 12.6. The van der Waals surface area contributed by atoms with Crippen molar-refractivity contribution in [3.8, 4) is 0 Å². The second-order valence-electron chi connectivity index (χ2n) is 6.56. The molecule has 1 aromatic carbocycles. The molecule has 0 bridgehead atoms. The average Bonchev–Trinajstić information content (AvgIpc) is 2.96. The van der Waals surface area contributed by atoms with Crippen LogP contribution in [0.4, 0.5) is 0 Å². The zero-order valence-electron chi connectivity index (χ0n) is 14.0. The van der Waals surface area contributed by atoms with E-state index in [2.05, 4.69) is 29.2 Å². The Morgan fingerprint density at radius 1 is 1.36 bits per heavy atom. The molecular weight excluding hydrogens is 274 g/mol. The fourth-order valence-electron chi connectivity index (χ4n) is 3.12. The largest absolute Gasteiger partial charge is 0.337 e. The lowest BCUT2D eigenvalue weighted by atomic mass is 10.0. The molecule has 1 aliphatic rings. The van der Waals surface area contributed by atoms with Crippen LogP contribution in [0.1, 0.15) is 32.8 Å².